The van der Waals surface area contributed by atoms with Crippen molar-refractivity contribution in [1.82, 2.24) is 30.4 Å². The third kappa shape index (κ3) is 22.5. The quantitative estimate of drug-likeness (QED) is 0.00506. The largest absolute Gasteiger partial charge is 0.490 e. The zero-order chi connectivity index (χ0) is 68.1. The minimum atomic E-state index is -4.84. The van der Waals surface area contributed by atoms with E-state index in [-0.39, 0.29) is 92.4 Å². The number of anilines is 1. The number of carbonyl (C=O) groups excluding carboxylic acids is 4. The van der Waals surface area contributed by atoms with Gasteiger partial charge in [-0.15, -0.1) is 0 Å². The third-order valence-corrected chi connectivity index (χ3v) is 20.2. The molecule has 0 bridgehead atoms. The van der Waals surface area contributed by atoms with Gasteiger partial charge >= 0.3 is 13.5 Å². The minimum Gasteiger partial charge on any atom is -0.490 e. The molecule has 2 aliphatic heterocycles. The highest BCUT2D eigenvalue weighted by molar-refractivity contribution is 8.77. The van der Waals surface area contributed by atoms with Crippen molar-refractivity contribution >= 4 is 91.3 Å². The van der Waals surface area contributed by atoms with Gasteiger partial charge in [0, 0.05) is 109 Å². The zero-order valence-corrected chi connectivity index (χ0v) is 58.5. The summed E-state index contributed by atoms with van der Waals surface area (Å²) in [6.07, 6.45) is 1.09. The molecular formula is C65H83N8O16PS4. The average molecular weight is 1390 g/mol. The lowest BCUT2D eigenvalue weighted by Gasteiger charge is -2.22. The fourth-order valence-corrected chi connectivity index (χ4v) is 13.8. The first-order chi connectivity index (χ1) is 44.8. The van der Waals surface area contributed by atoms with E-state index in [0.717, 1.165) is 55.4 Å². The van der Waals surface area contributed by atoms with Gasteiger partial charge in [0.1, 0.15) is 59.1 Å². The molecule has 1 fully saturated rings. The maximum atomic E-state index is 14.3. The maximum Gasteiger partial charge on any atom is 0.469 e. The molecule has 4 aromatic rings. The van der Waals surface area contributed by atoms with Gasteiger partial charge in [-0.2, -0.15) is 0 Å². The van der Waals surface area contributed by atoms with Gasteiger partial charge in [-0.1, -0.05) is 100 Å². The molecule has 3 aliphatic rings. The Labute approximate surface area is 562 Å². The van der Waals surface area contributed by atoms with Gasteiger partial charge in [-0.3, -0.25) is 43.0 Å². The number of hydrogen-bond donors (Lipinski definition) is 7. The summed E-state index contributed by atoms with van der Waals surface area (Å²) < 4.78 is 53.4. The van der Waals surface area contributed by atoms with Gasteiger partial charge in [-0.25, -0.2) is 9.36 Å². The van der Waals surface area contributed by atoms with Crippen LogP contribution >= 0.6 is 51.0 Å². The molecule has 24 nitrogen and oxygen atoms in total. The molecule has 1 aromatic heterocycles. The Balaban J connectivity index is 0.829. The molecule has 1 aliphatic carbocycles. The minimum absolute atomic E-state index is 0.0632. The number of fused-ring (bicyclic) bond motifs is 2. The third-order valence-electron chi connectivity index (χ3n) is 14.2. The van der Waals surface area contributed by atoms with Gasteiger partial charge in [-0.05, 0) is 100 Å². The van der Waals surface area contributed by atoms with Crippen molar-refractivity contribution in [2.45, 2.75) is 109 Å². The predicted octanol–water partition coefficient (Wildman–Crippen LogP) is 8.65. The lowest BCUT2D eigenvalue weighted by molar-refractivity contribution is -0.126. The SMILES string of the molecule is CC/N=c1/cc2oc3cc(NCC)c(C)cc3c(-c3ccccc3C(=O)N(C)CCCC(=O)NCCNC(=O)c3cccc(OCC(OCCOCC(=O)NCC#Cc4cn([C@H]5C[C@@H](O[C@H](C)SSC)[C@@H](COP(=O)(O)O)O5)c(=O)[nH]c4=O)SSC(C)(C)C)c3)c-2cc1C. The molecule has 0 spiro atoms. The standard InChI is InChI=1S/C65H83N8O16PS4/c1-11-66-50-33-52-48(30-40(50)3)60(49-31-41(4)51(67-12-2)34-53(49)88-52)46-21-13-14-22-47(46)63(78)72(9)27-17-23-56(74)69-25-26-70-61(76)43-18-15-20-45(32-43)85-39-59(93-94-65(6,7)8)84-29-28-83-38-57(75)68-24-16-19-44-36-73(64(79)71-62(44)77)58-35-54(87-42(5)92-91-10)55(89-58)37-86-90(80,81)82/h13-15,18,20-22,30-34,36,42,54-55,58-59,66H,11-12,17,23-29,35,37-39H2,1-10H3,(H,68,75)(H,69,74)(H,70,76)(H,71,77,79)(H2,80,81,82)/b67-51-/t42-,54+,55+,58+,59?/m0/s1. The number of aryl methyl sites for hydroxylation is 2. The summed E-state index contributed by atoms with van der Waals surface area (Å²) in [5, 5.41) is 13.5. The lowest BCUT2D eigenvalue weighted by atomic mass is 9.89. The summed E-state index contributed by atoms with van der Waals surface area (Å²) >= 11 is 0. The van der Waals surface area contributed by atoms with E-state index in [0.29, 0.717) is 47.7 Å². The van der Waals surface area contributed by atoms with Crippen LogP contribution in [0.25, 0.3) is 33.4 Å². The number of aromatic amines is 1. The first kappa shape index (κ1) is 74.8. The number of carbonyl (C=O) groups is 4. The van der Waals surface area contributed by atoms with Crippen LogP contribution in [-0.4, -0.2) is 161 Å². The smallest absolute Gasteiger partial charge is 0.469 e. The van der Waals surface area contributed by atoms with E-state index in [1.54, 1.807) is 53.9 Å². The number of phosphoric ester groups is 1. The van der Waals surface area contributed by atoms with E-state index in [1.807, 2.05) is 63.4 Å². The van der Waals surface area contributed by atoms with Crippen molar-refractivity contribution in [1.29, 1.82) is 0 Å². The van der Waals surface area contributed by atoms with Gasteiger partial charge in [0.25, 0.3) is 17.4 Å². The summed E-state index contributed by atoms with van der Waals surface area (Å²) in [6.45, 7) is 17.5. The summed E-state index contributed by atoms with van der Waals surface area (Å²) in [7, 11) is 2.84. The number of nitrogens with zero attached hydrogens (tertiary/aromatic N) is 3. The first-order valence-electron chi connectivity index (χ1n) is 30.6. The molecule has 3 aromatic carbocycles. The van der Waals surface area contributed by atoms with Crippen molar-refractivity contribution in [3.63, 3.8) is 0 Å². The summed E-state index contributed by atoms with van der Waals surface area (Å²) in [5.74, 6) is 5.19. The second kappa shape index (κ2) is 36.0. The number of ether oxygens (including phenoxy) is 5. The van der Waals surface area contributed by atoms with Gasteiger partial charge < -0.3 is 64.1 Å². The van der Waals surface area contributed by atoms with E-state index >= 15 is 0 Å². The maximum absolute atomic E-state index is 14.3. The van der Waals surface area contributed by atoms with Crippen LogP contribution < -0.4 is 42.6 Å². The number of rotatable bonds is 33. The lowest BCUT2D eigenvalue weighted by Crippen LogP contribution is -2.35. The van der Waals surface area contributed by atoms with E-state index in [2.05, 4.69) is 82.4 Å². The van der Waals surface area contributed by atoms with Gasteiger partial charge in [0.2, 0.25) is 11.8 Å². The summed E-state index contributed by atoms with van der Waals surface area (Å²) in [6, 6.07) is 22.5. The Kier molecular flexibility index (Phi) is 28.6. The van der Waals surface area contributed by atoms with Crippen molar-refractivity contribution in [3.8, 4) is 40.0 Å². The predicted molar refractivity (Wildman–Crippen MR) is 370 cm³/mol. The fraction of sp³-hybridized carbons (Fsp3) is 0.462. The van der Waals surface area contributed by atoms with Crippen LogP contribution in [0.4, 0.5) is 5.69 Å². The Morgan fingerprint density at radius 3 is 2.47 bits per heavy atom. The molecule has 1 unspecified atom stereocenters. The van der Waals surface area contributed by atoms with E-state index in [1.165, 1.54) is 38.6 Å². The van der Waals surface area contributed by atoms with Crippen molar-refractivity contribution in [2.24, 2.45) is 4.99 Å². The summed E-state index contributed by atoms with van der Waals surface area (Å²) in [4.78, 5) is 106. The number of benzene rings is 4. The molecule has 7 N–H and O–H groups in total. The van der Waals surface area contributed by atoms with Crippen molar-refractivity contribution in [2.75, 3.05) is 90.9 Å². The number of amides is 4. The molecule has 94 heavy (non-hydrogen) atoms. The van der Waals surface area contributed by atoms with Crippen LogP contribution in [0.1, 0.15) is 104 Å². The van der Waals surface area contributed by atoms with Crippen molar-refractivity contribution in [3.05, 3.63) is 133 Å². The first-order valence-corrected chi connectivity index (χ1v) is 37.0. The highest BCUT2D eigenvalue weighted by atomic mass is 33.1. The molecule has 5 atom stereocenters. The zero-order valence-electron chi connectivity index (χ0n) is 54.3. The average Bonchev–Trinajstić information content (AvgIpc) is 0.897. The molecular weight excluding hydrogens is 1310 g/mol. The van der Waals surface area contributed by atoms with E-state index < -0.39 is 55.5 Å². The number of phosphoric acid groups is 1. The van der Waals surface area contributed by atoms with Gasteiger partial charge in [0.15, 0.2) is 0 Å². The Hall–Kier alpha value is -6.58. The van der Waals surface area contributed by atoms with Crippen molar-refractivity contribution < 1.29 is 66.2 Å². The molecule has 1 saturated heterocycles. The Morgan fingerprint density at radius 2 is 1.72 bits per heavy atom. The molecule has 4 amide bonds. The Morgan fingerprint density at radius 1 is 0.947 bits per heavy atom. The number of aromatic nitrogens is 2. The monoisotopic (exact) mass is 1390 g/mol. The fourth-order valence-electron chi connectivity index (χ4n) is 9.90. The van der Waals surface area contributed by atoms with E-state index in [9.17, 15) is 43.1 Å². The second-order valence-electron chi connectivity index (χ2n) is 22.7. The number of hydrogen-bond acceptors (Lipinski definition) is 20. The van der Waals surface area contributed by atoms with Crippen LogP contribution in [0.3, 0.4) is 0 Å². The van der Waals surface area contributed by atoms with Crippen LogP contribution in [0.5, 0.6) is 5.75 Å². The second-order valence-corrected chi connectivity index (χ2v) is 29.9. The number of H-pyrrole nitrogens is 1. The highest BCUT2D eigenvalue weighted by Crippen LogP contribution is 2.44. The summed E-state index contributed by atoms with van der Waals surface area (Å²) in [5.41, 5.74) is 4.62. The van der Waals surface area contributed by atoms with Crippen LogP contribution in [0, 0.1) is 25.7 Å². The highest BCUT2D eigenvalue weighted by Gasteiger charge is 2.40. The molecule has 3 heterocycles. The normalized spacial score (nSPS) is 15.7. The topological polar surface area (TPSA) is 313 Å². The number of nitrogens with one attached hydrogen (secondary N) is 5. The molecule has 7 rings (SSSR count). The van der Waals surface area contributed by atoms with Crippen LogP contribution in [-0.2, 0) is 37.6 Å². The molecule has 508 valence electrons. The molecule has 29 heteroatoms. The van der Waals surface area contributed by atoms with Crippen LogP contribution in [0.15, 0.2) is 98.0 Å². The molecule has 0 radical (unpaired) electrons. The Bertz CT molecular complexity index is 3880. The van der Waals surface area contributed by atoms with Crippen LogP contribution in [0.2, 0.25) is 0 Å². The molecule has 0 saturated carbocycles. The van der Waals surface area contributed by atoms with Gasteiger partial charge in [0.05, 0.1) is 37.8 Å². The van der Waals surface area contributed by atoms with E-state index in [4.69, 9.17) is 33.1 Å².